The number of nitrogens with one attached hydrogen (secondary N) is 1. The number of anilines is 2. The largest absolute Gasteiger partial charge is 0.469 e. The summed E-state index contributed by atoms with van der Waals surface area (Å²) in [5, 5.41) is 5.57. The SMILES string of the molecule is CC(CCc1ccco1)Nc1ccc2cnccc2c1N. The number of nitrogens with zero attached hydrogens (tertiary/aromatic N) is 1. The van der Waals surface area contributed by atoms with E-state index in [9.17, 15) is 0 Å². The van der Waals surface area contributed by atoms with Crippen LogP contribution in [0.25, 0.3) is 10.8 Å². The first-order valence-corrected chi connectivity index (χ1v) is 7.15. The third-order valence-electron chi connectivity index (χ3n) is 3.67. The molecule has 21 heavy (non-hydrogen) atoms. The molecule has 0 aliphatic heterocycles. The number of nitrogens with two attached hydrogens (primary N) is 1. The van der Waals surface area contributed by atoms with E-state index in [-0.39, 0.29) is 0 Å². The Bertz CT molecular complexity index is 722. The quantitative estimate of drug-likeness (QED) is 0.697. The fraction of sp³-hybridized carbons (Fsp3) is 0.235. The van der Waals surface area contributed by atoms with E-state index < -0.39 is 0 Å². The van der Waals surface area contributed by atoms with Gasteiger partial charge in [-0.25, -0.2) is 0 Å². The van der Waals surface area contributed by atoms with Gasteiger partial charge in [-0.15, -0.1) is 0 Å². The monoisotopic (exact) mass is 281 g/mol. The molecular weight excluding hydrogens is 262 g/mol. The number of pyridine rings is 1. The molecular formula is C17H19N3O. The van der Waals surface area contributed by atoms with Gasteiger partial charge in [0.05, 0.1) is 17.6 Å². The normalized spacial score (nSPS) is 12.4. The number of aromatic nitrogens is 1. The molecule has 1 atom stereocenters. The summed E-state index contributed by atoms with van der Waals surface area (Å²) in [5.74, 6) is 1.02. The Morgan fingerprint density at radius 1 is 1.29 bits per heavy atom. The molecule has 4 heteroatoms. The van der Waals surface area contributed by atoms with Crippen molar-refractivity contribution in [3.63, 3.8) is 0 Å². The van der Waals surface area contributed by atoms with Crippen molar-refractivity contribution in [2.24, 2.45) is 0 Å². The van der Waals surface area contributed by atoms with Crippen LogP contribution >= 0.6 is 0 Å². The van der Waals surface area contributed by atoms with Crippen molar-refractivity contribution in [1.82, 2.24) is 4.98 Å². The van der Waals surface area contributed by atoms with Crippen LogP contribution in [0.1, 0.15) is 19.1 Å². The highest BCUT2D eigenvalue weighted by atomic mass is 16.3. The zero-order valence-electron chi connectivity index (χ0n) is 12.0. The molecule has 0 bridgehead atoms. The van der Waals surface area contributed by atoms with Gasteiger partial charge in [-0.1, -0.05) is 6.07 Å². The first-order chi connectivity index (χ1) is 10.2. The maximum absolute atomic E-state index is 6.25. The molecule has 3 rings (SSSR count). The Hall–Kier alpha value is -2.49. The van der Waals surface area contributed by atoms with Crippen molar-refractivity contribution in [1.29, 1.82) is 0 Å². The first kappa shape index (κ1) is 13.5. The molecule has 2 aromatic heterocycles. The minimum atomic E-state index is 0.316. The number of hydrogen-bond donors (Lipinski definition) is 2. The van der Waals surface area contributed by atoms with E-state index >= 15 is 0 Å². The van der Waals surface area contributed by atoms with Crippen LogP contribution in [0.3, 0.4) is 0 Å². The molecule has 0 spiro atoms. The number of fused-ring (bicyclic) bond motifs is 1. The molecule has 0 fully saturated rings. The van der Waals surface area contributed by atoms with Crippen LogP contribution in [0.5, 0.6) is 0 Å². The van der Waals surface area contributed by atoms with Gasteiger partial charge in [-0.05, 0) is 37.6 Å². The molecule has 2 heterocycles. The van der Waals surface area contributed by atoms with Gasteiger partial charge in [0.15, 0.2) is 0 Å². The van der Waals surface area contributed by atoms with Crippen LogP contribution in [0.4, 0.5) is 11.4 Å². The van der Waals surface area contributed by atoms with Crippen molar-refractivity contribution in [3.05, 3.63) is 54.7 Å². The summed E-state index contributed by atoms with van der Waals surface area (Å²) in [7, 11) is 0. The van der Waals surface area contributed by atoms with Gasteiger partial charge >= 0.3 is 0 Å². The van der Waals surface area contributed by atoms with Crippen LogP contribution < -0.4 is 11.1 Å². The molecule has 4 nitrogen and oxygen atoms in total. The maximum Gasteiger partial charge on any atom is 0.103 e. The Morgan fingerprint density at radius 3 is 3.00 bits per heavy atom. The Labute approximate surface area is 124 Å². The lowest BCUT2D eigenvalue weighted by molar-refractivity contribution is 0.495. The van der Waals surface area contributed by atoms with E-state index in [1.54, 1.807) is 12.5 Å². The smallest absolute Gasteiger partial charge is 0.103 e. The number of furan rings is 1. The molecule has 108 valence electrons. The summed E-state index contributed by atoms with van der Waals surface area (Å²) in [6.07, 6.45) is 7.21. The number of benzene rings is 1. The second-order valence-electron chi connectivity index (χ2n) is 5.29. The van der Waals surface area contributed by atoms with Gasteiger partial charge in [-0.2, -0.15) is 0 Å². The lowest BCUT2D eigenvalue weighted by atomic mass is 10.1. The molecule has 1 aromatic carbocycles. The van der Waals surface area contributed by atoms with E-state index in [4.69, 9.17) is 10.2 Å². The molecule has 0 amide bonds. The summed E-state index contributed by atoms with van der Waals surface area (Å²) < 4.78 is 5.36. The van der Waals surface area contributed by atoms with Gasteiger partial charge < -0.3 is 15.5 Å². The standard InChI is InChI=1S/C17H19N3O/c1-12(4-6-14-3-2-10-21-14)20-16-7-5-13-11-19-9-8-15(13)17(16)18/h2-3,5,7-12,20H,4,6,18H2,1H3. The predicted octanol–water partition coefficient (Wildman–Crippen LogP) is 3.84. The molecule has 1 unspecified atom stereocenters. The molecule has 0 radical (unpaired) electrons. The molecule has 3 N–H and O–H groups in total. The van der Waals surface area contributed by atoms with Crippen molar-refractivity contribution in [2.45, 2.75) is 25.8 Å². The van der Waals surface area contributed by atoms with Crippen LogP contribution in [0.15, 0.2) is 53.4 Å². The van der Waals surface area contributed by atoms with Crippen LogP contribution in [-0.4, -0.2) is 11.0 Å². The third kappa shape index (κ3) is 2.99. The fourth-order valence-corrected chi connectivity index (χ4v) is 2.47. The number of aryl methyl sites for hydroxylation is 1. The highest BCUT2D eigenvalue weighted by molar-refractivity contribution is 5.98. The Kier molecular flexibility index (Phi) is 3.77. The van der Waals surface area contributed by atoms with Crippen LogP contribution in [0, 0.1) is 0 Å². The number of rotatable bonds is 5. The predicted molar refractivity (Wildman–Crippen MR) is 86.3 cm³/mol. The number of nitrogen functional groups attached to an aromatic ring is 1. The van der Waals surface area contributed by atoms with Crippen LogP contribution in [-0.2, 0) is 6.42 Å². The maximum atomic E-state index is 6.25. The highest BCUT2D eigenvalue weighted by Gasteiger charge is 2.08. The Balaban J connectivity index is 1.70. The second kappa shape index (κ2) is 5.87. The van der Waals surface area contributed by atoms with E-state index in [0.29, 0.717) is 6.04 Å². The minimum absolute atomic E-state index is 0.316. The molecule has 0 saturated carbocycles. The van der Waals surface area contributed by atoms with Gasteiger partial charge in [0.25, 0.3) is 0 Å². The zero-order valence-corrected chi connectivity index (χ0v) is 12.0. The van der Waals surface area contributed by atoms with Gasteiger partial charge in [0.2, 0.25) is 0 Å². The minimum Gasteiger partial charge on any atom is -0.469 e. The van der Waals surface area contributed by atoms with E-state index in [1.165, 1.54) is 0 Å². The van der Waals surface area contributed by atoms with Gasteiger partial charge in [-0.3, -0.25) is 4.98 Å². The van der Waals surface area contributed by atoms with E-state index in [2.05, 4.69) is 17.2 Å². The van der Waals surface area contributed by atoms with Gasteiger partial charge in [0.1, 0.15) is 5.76 Å². The summed E-state index contributed by atoms with van der Waals surface area (Å²) in [4.78, 5) is 4.12. The van der Waals surface area contributed by atoms with Crippen molar-refractivity contribution < 1.29 is 4.42 Å². The summed E-state index contributed by atoms with van der Waals surface area (Å²) in [6.45, 7) is 2.15. The first-order valence-electron chi connectivity index (χ1n) is 7.15. The highest BCUT2D eigenvalue weighted by Crippen LogP contribution is 2.28. The molecule has 3 aromatic rings. The fourth-order valence-electron chi connectivity index (χ4n) is 2.47. The van der Waals surface area contributed by atoms with Crippen molar-refractivity contribution in [3.8, 4) is 0 Å². The molecule has 0 saturated heterocycles. The zero-order chi connectivity index (χ0) is 14.7. The average molecular weight is 281 g/mol. The topological polar surface area (TPSA) is 64.1 Å². The van der Waals surface area contributed by atoms with Gasteiger partial charge in [0, 0.05) is 35.6 Å². The lowest BCUT2D eigenvalue weighted by Crippen LogP contribution is -2.17. The van der Waals surface area contributed by atoms with E-state index in [1.807, 2.05) is 36.5 Å². The molecule has 0 aliphatic carbocycles. The lowest BCUT2D eigenvalue weighted by Gasteiger charge is -2.17. The Morgan fingerprint density at radius 2 is 2.19 bits per heavy atom. The molecule has 0 aliphatic rings. The van der Waals surface area contributed by atoms with Crippen molar-refractivity contribution in [2.75, 3.05) is 11.1 Å². The number of hydrogen-bond acceptors (Lipinski definition) is 4. The summed E-state index contributed by atoms with van der Waals surface area (Å²) in [5.41, 5.74) is 8.00. The summed E-state index contributed by atoms with van der Waals surface area (Å²) in [6, 6.07) is 10.2. The van der Waals surface area contributed by atoms with Crippen LogP contribution in [0.2, 0.25) is 0 Å². The van der Waals surface area contributed by atoms with E-state index in [0.717, 1.165) is 40.7 Å². The third-order valence-corrected chi connectivity index (χ3v) is 3.67. The average Bonchev–Trinajstić information content (AvgIpc) is 3.02. The summed E-state index contributed by atoms with van der Waals surface area (Å²) >= 11 is 0. The second-order valence-corrected chi connectivity index (χ2v) is 5.29. The van der Waals surface area contributed by atoms with Crippen molar-refractivity contribution >= 4 is 22.1 Å².